The third kappa shape index (κ3) is 3.78. The molecule has 1 aliphatic carbocycles. The van der Waals surface area contributed by atoms with Gasteiger partial charge in [0.05, 0.1) is 6.04 Å². The van der Waals surface area contributed by atoms with Crippen LogP contribution in [0.1, 0.15) is 68.3 Å². The fourth-order valence-corrected chi connectivity index (χ4v) is 4.82. The molecule has 32 heavy (non-hydrogen) atoms. The number of hydrogen-bond acceptors (Lipinski definition) is 3. The second-order valence-electron chi connectivity index (χ2n) is 9.49. The van der Waals surface area contributed by atoms with E-state index in [1.165, 1.54) is 5.56 Å². The lowest BCUT2D eigenvalue weighted by molar-refractivity contribution is -0.135. The summed E-state index contributed by atoms with van der Waals surface area (Å²) in [5.41, 5.74) is 3.11. The fourth-order valence-electron chi connectivity index (χ4n) is 4.82. The number of carbonyl (C=O) groups is 3. The normalized spacial score (nSPS) is 20.8. The van der Waals surface area contributed by atoms with Gasteiger partial charge in [0, 0.05) is 0 Å². The number of urea groups is 1. The van der Waals surface area contributed by atoms with Crippen LogP contribution >= 0.6 is 0 Å². The minimum Gasteiger partial charge on any atom is -0.347 e. The summed E-state index contributed by atoms with van der Waals surface area (Å²) in [5, 5.41) is 5.91. The SMILES string of the molecule is CC(C)c1ccc([C@H](NC(=O)CN2C(=O)N[C@]3(CCc4ccccc43)C2=O)C(C)C)cc1. The second-order valence-corrected chi connectivity index (χ2v) is 9.49. The molecule has 6 heteroatoms. The molecular formula is C26H31N3O3. The van der Waals surface area contributed by atoms with Gasteiger partial charge in [-0.05, 0) is 46.9 Å². The number of nitrogens with one attached hydrogen (secondary N) is 2. The van der Waals surface area contributed by atoms with Gasteiger partial charge in [0.15, 0.2) is 0 Å². The molecular weight excluding hydrogens is 402 g/mol. The predicted octanol–water partition coefficient (Wildman–Crippen LogP) is 4.02. The number of aryl methyl sites for hydroxylation is 1. The molecule has 4 amide bonds. The first-order valence-corrected chi connectivity index (χ1v) is 11.3. The summed E-state index contributed by atoms with van der Waals surface area (Å²) in [5.74, 6) is -0.0997. The zero-order valence-electron chi connectivity index (χ0n) is 19.1. The number of nitrogens with zero attached hydrogens (tertiary/aromatic N) is 1. The number of carbonyl (C=O) groups excluding carboxylic acids is 3. The summed E-state index contributed by atoms with van der Waals surface area (Å²) in [7, 11) is 0. The molecule has 1 spiro atoms. The summed E-state index contributed by atoms with van der Waals surface area (Å²) < 4.78 is 0. The average molecular weight is 434 g/mol. The maximum atomic E-state index is 13.3. The van der Waals surface area contributed by atoms with Gasteiger partial charge in [0.2, 0.25) is 5.91 Å². The van der Waals surface area contributed by atoms with E-state index in [4.69, 9.17) is 0 Å². The first-order valence-electron chi connectivity index (χ1n) is 11.3. The molecule has 1 heterocycles. The van der Waals surface area contributed by atoms with Crippen LogP contribution in [-0.2, 0) is 21.5 Å². The van der Waals surface area contributed by atoms with Gasteiger partial charge in [-0.15, -0.1) is 0 Å². The van der Waals surface area contributed by atoms with Crippen molar-refractivity contribution in [3.05, 3.63) is 70.8 Å². The van der Waals surface area contributed by atoms with Crippen LogP contribution in [0.15, 0.2) is 48.5 Å². The van der Waals surface area contributed by atoms with Crippen LogP contribution in [0.4, 0.5) is 4.79 Å². The molecule has 2 aromatic carbocycles. The van der Waals surface area contributed by atoms with Crippen LogP contribution in [0.25, 0.3) is 0 Å². The van der Waals surface area contributed by atoms with Crippen molar-refractivity contribution in [2.45, 2.75) is 58.0 Å². The highest BCUT2D eigenvalue weighted by molar-refractivity contribution is 6.09. The topological polar surface area (TPSA) is 78.5 Å². The van der Waals surface area contributed by atoms with Crippen LogP contribution in [0.5, 0.6) is 0 Å². The van der Waals surface area contributed by atoms with Gasteiger partial charge < -0.3 is 10.6 Å². The summed E-state index contributed by atoms with van der Waals surface area (Å²) in [6.07, 6.45) is 1.25. The van der Waals surface area contributed by atoms with Crippen LogP contribution in [0, 0.1) is 5.92 Å². The Kier molecular flexibility index (Phi) is 5.80. The highest BCUT2D eigenvalue weighted by Gasteiger charge is 2.55. The summed E-state index contributed by atoms with van der Waals surface area (Å²) in [4.78, 5) is 40.0. The number of fused-ring (bicyclic) bond motifs is 2. The quantitative estimate of drug-likeness (QED) is 0.676. The maximum Gasteiger partial charge on any atom is 0.325 e. The van der Waals surface area contributed by atoms with Gasteiger partial charge in [0.1, 0.15) is 12.1 Å². The number of imide groups is 1. The Morgan fingerprint density at radius 2 is 1.69 bits per heavy atom. The lowest BCUT2D eigenvalue weighted by Gasteiger charge is -2.25. The molecule has 168 valence electrons. The van der Waals surface area contributed by atoms with Crippen molar-refractivity contribution in [2.75, 3.05) is 6.54 Å². The van der Waals surface area contributed by atoms with E-state index in [9.17, 15) is 14.4 Å². The number of hydrogen-bond donors (Lipinski definition) is 2. The Balaban J connectivity index is 1.48. The largest absolute Gasteiger partial charge is 0.347 e. The van der Waals surface area contributed by atoms with Crippen molar-refractivity contribution in [1.82, 2.24) is 15.5 Å². The number of rotatable bonds is 6. The Labute approximate surface area is 189 Å². The number of amides is 4. The molecule has 0 saturated carbocycles. The Morgan fingerprint density at radius 3 is 2.34 bits per heavy atom. The van der Waals surface area contributed by atoms with Crippen molar-refractivity contribution in [1.29, 1.82) is 0 Å². The average Bonchev–Trinajstić information content (AvgIpc) is 3.25. The number of benzene rings is 2. The van der Waals surface area contributed by atoms with E-state index in [2.05, 4.69) is 36.6 Å². The van der Waals surface area contributed by atoms with Gasteiger partial charge in [-0.25, -0.2) is 4.79 Å². The smallest absolute Gasteiger partial charge is 0.325 e. The van der Waals surface area contributed by atoms with Gasteiger partial charge >= 0.3 is 6.03 Å². The minimum absolute atomic E-state index is 0.153. The van der Waals surface area contributed by atoms with Crippen LogP contribution in [0.2, 0.25) is 0 Å². The van der Waals surface area contributed by atoms with Crippen molar-refractivity contribution in [2.24, 2.45) is 5.92 Å². The second kappa shape index (κ2) is 8.41. The standard InChI is InChI=1S/C26H31N3O3/c1-16(2)18-9-11-20(12-10-18)23(17(3)4)27-22(30)15-29-24(31)26(28-25(29)32)14-13-19-7-5-6-8-21(19)26/h5-12,16-17,23H,13-15H2,1-4H3,(H,27,30)(H,28,32)/t23-,26+/m1/s1. The van der Waals surface area contributed by atoms with E-state index in [0.29, 0.717) is 12.3 Å². The summed E-state index contributed by atoms with van der Waals surface area (Å²) in [6, 6.07) is 15.2. The van der Waals surface area contributed by atoms with Crippen molar-refractivity contribution in [3.8, 4) is 0 Å². The summed E-state index contributed by atoms with van der Waals surface area (Å²) >= 11 is 0. The molecule has 2 aliphatic rings. The highest BCUT2D eigenvalue weighted by Crippen LogP contribution is 2.41. The van der Waals surface area contributed by atoms with Crippen LogP contribution in [0.3, 0.4) is 0 Å². The molecule has 4 rings (SSSR count). The Bertz CT molecular complexity index is 1040. The van der Waals surface area contributed by atoms with E-state index >= 15 is 0 Å². The zero-order valence-corrected chi connectivity index (χ0v) is 19.1. The fraction of sp³-hybridized carbons (Fsp3) is 0.423. The zero-order chi connectivity index (χ0) is 23.0. The van der Waals surface area contributed by atoms with E-state index in [0.717, 1.165) is 28.0 Å². The predicted molar refractivity (Wildman–Crippen MR) is 123 cm³/mol. The highest BCUT2D eigenvalue weighted by atomic mass is 16.2. The Morgan fingerprint density at radius 1 is 1.03 bits per heavy atom. The van der Waals surface area contributed by atoms with Gasteiger partial charge in [-0.1, -0.05) is 76.2 Å². The molecule has 1 aliphatic heterocycles. The molecule has 6 nitrogen and oxygen atoms in total. The molecule has 2 aromatic rings. The van der Waals surface area contributed by atoms with Gasteiger partial charge in [-0.2, -0.15) is 0 Å². The van der Waals surface area contributed by atoms with Crippen LogP contribution < -0.4 is 10.6 Å². The van der Waals surface area contributed by atoms with Crippen molar-refractivity contribution >= 4 is 17.8 Å². The van der Waals surface area contributed by atoms with Crippen molar-refractivity contribution in [3.63, 3.8) is 0 Å². The van der Waals surface area contributed by atoms with Gasteiger partial charge in [-0.3, -0.25) is 14.5 Å². The first-order chi connectivity index (χ1) is 15.2. The van der Waals surface area contributed by atoms with E-state index in [1.807, 2.05) is 50.2 Å². The third-order valence-electron chi connectivity index (χ3n) is 6.67. The molecule has 2 N–H and O–H groups in total. The minimum atomic E-state index is -1.04. The maximum absolute atomic E-state index is 13.3. The van der Waals surface area contributed by atoms with Crippen molar-refractivity contribution < 1.29 is 14.4 Å². The molecule has 0 unspecified atom stereocenters. The van der Waals surface area contributed by atoms with E-state index < -0.39 is 11.6 Å². The molecule has 0 bridgehead atoms. The monoisotopic (exact) mass is 433 g/mol. The van der Waals surface area contributed by atoms with E-state index in [-0.39, 0.29) is 30.3 Å². The summed E-state index contributed by atoms with van der Waals surface area (Å²) in [6.45, 7) is 8.08. The lowest BCUT2D eigenvalue weighted by atomic mass is 9.92. The van der Waals surface area contributed by atoms with Gasteiger partial charge in [0.25, 0.3) is 5.91 Å². The third-order valence-corrected chi connectivity index (χ3v) is 6.67. The molecule has 0 radical (unpaired) electrons. The van der Waals surface area contributed by atoms with E-state index in [1.54, 1.807) is 0 Å². The lowest BCUT2D eigenvalue weighted by Crippen LogP contribution is -2.44. The molecule has 1 saturated heterocycles. The molecule has 1 fully saturated rings. The van der Waals surface area contributed by atoms with Crippen LogP contribution in [-0.4, -0.2) is 29.3 Å². The Hall–Kier alpha value is -3.15. The molecule has 0 aromatic heterocycles. The molecule has 2 atom stereocenters. The first kappa shape index (κ1) is 22.1.